The van der Waals surface area contributed by atoms with E-state index in [1.807, 2.05) is 0 Å². The molecule has 0 aliphatic heterocycles. The van der Waals surface area contributed by atoms with Crippen LogP contribution >= 0.6 is 0 Å². The number of nitrogens with two attached hydrogens (primary N) is 2. The van der Waals surface area contributed by atoms with Crippen LogP contribution in [0.5, 0.6) is 0 Å². The van der Waals surface area contributed by atoms with Crippen LogP contribution < -0.4 is 11.7 Å². The molecule has 0 aromatic heterocycles. The Morgan fingerprint density at radius 1 is 0.800 bits per heavy atom. The van der Waals surface area contributed by atoms with Crippen molar-refractivity contribution in [3.05, 3.63) is 11.7 Å². The fraction of sp³-hybridized carbons (Fsp3) is 0. The Morgan fingerprint density at radius 3 is 0.800 bits per heavy atom. The van der Waals surface area contributed by atoms with Gasteiger partial charge < -0.3 is 23.4 Å². The standard InChI is InChI=1S/Mn.2H3N2/c;2*1-2/h;2*1H,2H2/q+2;2*-1. The predicted octanol–water partition coefficient (Wildman–Crippen LogP) is -0.178. The molecule has 33 valence electrons. The van der Waals surface area contributed by atoms with Crippen LogP contribution in [0.3, 0.4) is 0 Å². The Morgan fingerprint density at radius 2 is 0.800 bits per heavy atom. The van der Waals surface area contributed by atoms with Crippen LogP contribution in [0.1, 0.15) is 0 Å². The van der Waals surface area contributed by atoms with E-state index in [0.29, 0.717) is 0 Å². The zero-order valence-electron chi connectivity index (χ0n) is 2.53. The van der Waals surface area contributed by atoms with Gasteiger partial charge in [-0.15, -0.1) is 0 Å². The van der Waals surface area contributed by atoms with Gasteiger partial charge in [-0.3, -0.25) is 0 Å². The normalized spacial score (nSPS) is 2.40. The molecule has 0 fully saturated rings. The molecule has 0 unspecified atom stereocenters. The Hall–Kier alpha value is 0.359. The van der Waals surface area contributed by atoms with Crippen LogP contribution in [0, 0.1) is 0 Å². The second-order valence-electron chi connectivity index (χ2n) is 0. The summed E-state index contributed by atoms with van der Waals surface area (Å²) >= 11 is 0. The largest absolute Gasteiger partial charge is 2.00 e. The third-order valence-corrected chi connectivity index (χ3v) is 0. The first kappa shape index (κ1) is 18.3. The van der Waals surface area contributed by atoms with E-state index in [9.17, 15) is 0 Å². The molecule has 0 aliphatic carbocycles. The van der Waals surface area contributed by atoms with Crippen LogP contribution in [0.2, 0.25) is 0 Å². The average Bonchev–Trinajstić information content (AvgIpc) is 1.50. The monoisotopic (exact) mass is 117 g/mol. The molecule has 0 aromatic carbocycles. The summed E-state index contributed by atoms with van der Waals surface area (Å²) in [6.07, 6.45) is 0. The summed E-state index contributed by atoms with van der Waals surface area (Å²) in [4.78, 5) is 0. The maximum Gasteiger partial charge on any atom is 2.00 e. The third-order valence-electron chi connectivity index (χ3n) is 0. The van der Waals surface area contributed by atoms with Crippen molar-refractivity contribution < 1.29 is 17.1 Å². The van der Waals surface area contributed by atoms with E-state index in [4.69, 9.17) is 11.7 Å². The molecule has 4 nitrogen and oxygen atoms in total. The van der Waals surface area contributed by atoms with Crippen molar-refractivity contribution >= 4 is 0 Å². The second-order valence-corrected chi connectivity index (χ2v) is 0. The maximum atomic E-state index is 5.25. The molecule has 0 spiro atoms. The molecule has 0 amide bonds. The van der Waals surface area contributed by atoms with Gasteiger partial charge in [0.2, 0.25) is 0 Å². The molecular weight excluding hydrogens is 111 g/mol. The zero-order valence-corrected chi connectivity index (χ0v) is 3.71. The Labute approximate surface area is 41.3 Å². The van der Waals surface area contributed by atoms with Crippen LogP contribution in [0.4, 0.5) is 0 Å². The minimum absolute atomic E-state index is 0. The zero-order chi connectivity index (χ0) is 4.00. The van der Waals surface area contributed by atoms with E-state index in [1.165, 1.54) is 0 Å². The van der Waals surface area contributed by atoms with Gasteiger partial charge in [0.1, 0.15) is 0 Å². The molecule has 0 atom stereocenters. The summed E-state index contributed by atoms with van der Waals surface area (Å²) in [5.41, 5.74) is 0. The maximum absolute atomic E-state index is 5.25. The van der Waals surface area contributed by atoms with Gasteiger partial charge in [0.05, 0.1) is 0 Å². The van der Waals surface area contributed by atoms with Crippen LogP contribution in [-0.2, 0) is 17.1 Å². The Bertz CT molecular complexity index is 3.61. The minimum Gasteiger partial charge on any atom is -0.615 e. The molecule has 0 aromatic rings. The molecule has 0 rings (SSSR count). The first-order valence-electron chi connectivity index (χ1n) is 0.577. The van der Waals surface area contributed by atoms with Crippen molar-refractivity contribution in [1.29, 1.82) is 0 Å². The van der Waals surface area contributed by atoms with Crippen molar-refractivity contribution in [2.24, 2.45) is 11.7 Å². The van der Waals surface area contributed by atoms with Crippen LogP contribution in [-0.4, -0.2) is 0 Å². The fourth-order valence-electron chi connectivity index (χ4n) is 0. The summed E-state index contributed by atoms with van der Waals surface area (Å²) < 4.78 is 0. The molecule has 6 N–H and O–H groups in total. The van der Waals surface area contributed by atoms with Gasteiger partial charge in [-0.1, -0.05) is 0 Å². The van der Waals surface area contributed by atoms with Crippen molar-refractivity contribution in [3.63, 3.8) is 0 Å². The number of hydrogen-bond acceptors (Lipinski definition) is 2. The summed E-state index contributed by atoms with van der Waals surface area (Å²) in [6.45, 7) is 0. The number of nitrogens with one attached hydrogen (secondary N) is 2. The first-order valence-corrected chi connectivity index (χ1v) is 0.577. The number of rotatable bonds is 0. The van der Waals surface area contributed by atoms with Gasteiger partial charge in [0.25, 0.3) is 0 Å². The SMILES string of the molecule is [Mn+2].[NH-]N.[NH-]N. The summed E-state index contributed by atoms with van der Waals surface area (Å²) in [7, 11) is 0. The number of hydrogen-bond donors (Lipinski definition) is 2. The van der Waals surface area contributed by atoms with Gasteiger partial charge in [-0.05, 0) is 0 Å². The van der Waals surface area contributed by atoms with E-state index < -0.39 is 0 Å². The quantitative estimate of drug-likeness (QED) is 0.261. The minimum atomic E-state index is 0. The van der Waals surface area contributed by atoms with Crippen molar-refractivity contribution in [2.45, 2.75) is 0 Å². The van der Waals surface area contributed by atoms with E-state index in [-0.39, 0.29) is 17.1 Å². The van der Waals surface area contributed by atoms with Crippen molar-refractivity contribution in [1.82, 2.24) is 0 Å². The van der Waals surface area contributed by atoms with Crippen LogP contribution in [0.25, 0.3) is 11.7 Å². The topological polar surface area (TPSA) is 99.6 Å². The van der Waals surface area contributed by atoms with Crippen molar-refractivity contribution in [2.75, 3.05) is 0 Å². The van der Waals surface area contributed by atoms with Gasteiger partial charge in [-0.2, -0.15) is 0 Å². The van der Waals surface area contributed by atoms with E-state index in [1.54, 1.807) is 0 Å². The molecular formula is H6MnN4. The van der Waals surface area contributed by atoms with E-state index >= 15 is 0 Å². The van der Waals surface area contributed by atoms with Gasteiger partial charge >= 0.3 is 17.1 Å². The summed E-state index contributed by atoms with van der Waals surface area (Å²) in [5, 5.41) is 0. The smallest absolute Gasteiger partial charge is 0.615 e. The van der Waals surface area contributed by atoms with Gasteiger partial charge in [-0.25, -0.2) is 0 Å². The molecule has 0 saturated carbocycles. The Balaban J connectivity index is -0.0000000133. The second kappa shape index (κ2) is 381. The van der Waals surface area contributed by atoms with E-state index in [0.717, 1.165) is 0 Å². The molecule has 5 heavy (non-hydrogen) atoms. The van der Waals surface area contributed by atoms with Gasteiger partial charge in [0.15, 0.2) is 0 Å². The predicted molar refractivity (Wildman–Crippen MR) is 17.0 cm³/mol. The molecule has 0 heterocycles. The molecule has 5 heteroatoms. The van der Waals surface area contributed by atoms with Gasteiger partial charge in [0, 0.05) is 0 Å². The fourth-order valence-corrected chi connectivity index (χ4v) is 0. The molecule has 0 saturated heterocycles. The Kier molecular flexibility index (Phi) is 1390. The molecule has 0 bridgehead atoms. The van der Waals surface area contributed by atoms with Crippen LogP contribution in [0.15, 0.2) is 0 Å². The summed E-state index contributed by atoms with van der Waals surface area (Å²) in [6, 6.07) is 0. The van der Waals surface area contributed by atoms with E-state index in [2.05, 4.69) is 11.7 Å². The van der Waals surface area contributed by atoms with Crippen molar-refractivity contribution in [3.8, 4) is 0 Å². The third kappa shape index (κ3) is 188. The average molecular weight is 117 g/mol. The molecule has 1 radical (unpaired) electrons. The summed E-state index contributed by atoms with van der Waals surface area (Å²) in [5.74, 6) is 18.0. The first-order chi connectivity index (χ1) is 2.00. The molecule has 0 aliphatic rings.